The number of hydrogen-bond donors (Lipinski definition) is 21. The molecular formula is C58H118N7O25P. The maximum absolute atomic E-state index is 14.4. The van der Waals surface area contributed by atoms with E-state index in [4.69, 9.17) is 39.4 Å². The van der Waals surface area contributed by atoms with Gasteiger partial charge in [-0.2, -0.15) is 0 Å². The molecule has 91 heavy (non-hydrogen) atoms. The van der Waals surface area contributed by atoms with Crippen molar-refractivity contribution in [1.29, 1.82) is 0 Å². The summed E-state index contributed by atoms with van der Waals surface area (Å²) in [7, 11) is -4.14. The minimum atomic E-state index is -4.14. The van der Waals surface area contributed by atoms with Gasteiger partial charge >= 0.3 is 94.0 Å². The maximum atomic E-state index is 14.4. The summed E-state index contributed by atoms with van der Waals surface area (Å²) in [6.45, 7) is 4.08. The van der Waals surface area contributed by atoms with Gasteiger partial charge in [-0.05, 0) is 115 Å². The van der Waals surface area contributed by atoms with Crippen LogP contribution < -0.4 is 27.0 Å². The average Bonchev–Trinajstić information content (AvgIpc) is 3.53. The monoisotopic (exact) mass is 1340 g/mol. The van der Waals surface area contributed by atoms with E-state index in [-0.39, 0.29) is 168 Å². The molecule has 0 saturated heterocycles. The molecule has 0 aromatic rings. The molecule has 13 atom stereocenters. The molecule has 33 heteroatoms. The molecule has 4 amide bonds. The Hall–Kier alpha value is -2.94. The van der Waals surface area contributed by atoms with Gasteiger partial charge in [-0.3, -0.25) is 24.1 Å². The maximum Gasteiger partial charge on any atom is 0.237 e. The standard InChI is InChI=1S/C58H118N7O25P/c1-41(2)48(40-70)63-58(83)47(14-6-10-22-65(36-51(76)54(79)49(74)16-24-66)37-52(77)55(80)50(75)17-25-67)62-57(82)46(13-3-7-19-60-53(78)18-26-87-27-28-88-29-30-89-31-32-90-33-34-91(84,85)86)61-56(81)45(59)12-5-9-21-64(20-8-4-11-43(72)38-68)23-15-42(71)35-44(73)39-69/h40-52,54-55,66-69,71-77,79-80,84-86,91H,3-39,59H2,1-2H3,(H,60,78)(H,61,81)(H,62,82)(H,63,83)/t42-,43?,44?,45?,46+,47?,48?,49?,50?,51?,52?,54?,55?/m1/s1. The van der Waals surface area contributed by atoms with Gasteiger partial charge in [-0.15, -0.1) is 0 Å². The zero-order chi connectivity index (χ0) is 68.6. The van der Waals surface area contributed by atoms with Crippen LogP contribution in [0.25, 0.3) is 0 Å². The van der Waals surface area contributed by atoms with Crippen LogP contribution >= 0.6 is 7.94 Å². The number of ether oxygens (including phenoxy) is 4. The molecule has 0 radical (unpaired) electrons. The van der Waals surface area contributed by atoms with E-state index >= 15 is 0 Å². The van der Waals surface area contributed by atoms with Crippen molar-refractivity contribution >= 4 is 37.9 Å². The summed E-state index contributed by atoms with van der Waals surface area (Å²) >= 11 is 0. The number of carbonyl (C=O) groups is 5. The Morgan fingerprint density at radius 2 is 0.945 bits per heavy atom. The Morgan fingerprint density at radius 3 is 1.43 bits per heavy atom. The zero-order valence-electron chi connectivity index (χ0n) is 53.6. The third kappa shape index (κ3) is 46.0. The van der Waals surface area contributed by atoms with Gasteiger partial charge in [0.15, 0.2) is 0 Å². The predicted molar refractivity (Wildman–Crippen MR) is 335 cm³/mol. The van der Waals surface area contributed by atoms with Crippen LogP contribution in [0.5, 0.6) is 0 Å². The van der Waals surface area contributed by atoms with Crippen LogP contribution in [0.2, 0.25) is 0 Å². The quantitative estimate of drug-likeness (QED) is 0.0153. The number of aliphatic hydroxyl groups is 13. The molecule has 0 bridgehead atoms. The second kappa shape index (κ2) is 54.2. The number of nitrogens with one attached hydrogen (secondary N) is 4. The molecule has 22 N–H and O–H groups in total. The minimum Gasteiger partial charge on any atom is -0.394 e. The fourth-order valence-corrected chi connectivity index (χ4v) is 9.67. The van der Waals surface area contributed by atoms with Gasteiger partial charge in [0.05, 0.1) is 74.6 Å². The smallest absolute Gasteiger partial charge is 0.237 e. The topological polar surface area (TPSA) is 527 Å². The van der Waals surface area contributed by atoms with Crippen molar-refractivity contribution in [2.75, 3.05) is 131 Å². The number of aliphatic hydroxyl groups excluding tert-OH is 13. The van der Waals surface area contributed by atoms with Crippen LogP contribution in [0.15, 0.2) is 0 Å². The van der Waals surface area contributed by atoms with E-state index in [9.17, 15) is 90.4 Å². The van der Waals surface area contributed by atoms with E-state index in [1.165, 1.54) is 4.90 Å². The Balaban J connectivity index is 6.22. The van der Waals surface area contributed by atoms with Gasteiger partial charge in [0.1, 0.15) is 30.6 Å². The van der Waals surface area contributed by atoms with E-state index in [0.29, 0.717) is 70.9 Å². The van der Waals surface area contributed by atoms with Crippen molar-refractivity contribution in [2.45, 2.75) is 202 Å². The van der Waals surface area contributed by atoms with Crippen LogP contribution in [0.3, 0.4) is 0 Å². The molecule has 0 fully saturated rings. The Bertz CT molecular complexity index is 1820. The summed E-state index contributed by atoms with van der Waals surface area (Å²) in [6, 6.07) is -4.63. The molecule has 11 unspecified atom stereocenters. The van der Waals surface area contributed by atoms with Crippen molar-refractivity contribution in [2.24, 2.45) is 11.7 Å². The second-order valence-electron chi connectivity index (χ2n) is 23.4. The van der Waals surface area contributed by atoms with Gasteiger partial charge in [0.25, 0.3) is 0 Å². The number of rotatable bonds is 62. The summed E-state index contributed by atoms with van der Waals surface area (Å²) < 4.78 is 21.4. The fourth-order valence-electron chi connectivity index (χ4n) is 9.25. The predicted octanol–water partition coefficient (Wildman–Crippen LogP) is -6.27. The summed E-state index contributed by atoms with van der Waals surface area (Å²) in [6.07, 6.45) is -8.57. The summed E-state index contributed by atoms with van der Waals surface area (Å²) in [5.74, 6) is -2.84. The first-order valence-electron chi connectivity index (χ1n) is 32.1. The number of nitrogens with two attached hydrogens (primary N) is 1. The second-order valence-corrected chi connectivity index (χ2v) is 25.5. The molecule has 540 valence electrons. The third-order valence-electron chi connectivity index (χ3n) is 15.0. The number of hydrogen-bond acceptors (Lipinski definition) is 28. The fraction of sp³-hybridized carbons (Fsp3) is 0.914. The molecule has 0 aliphatic heterocycles. The van der Waals surface area contributed by atoms with E-state index in [2.05, 4.69) is 26.2 Å². The van der Waals surface area contributed by atoms with Crippen LogP contribution in [0.1, 0.15) is 123 Å². The van der Waals surface area contributed by atoms with E-state index in [1.807, 2.05) is 0 Å². The largest absolute Gasteiger partial charge is 0.394 e. The number of nitrogens with zero attached hydrogens (tertiary/aromatic N) is 2. The van der Waals surface area contributed by atoms with Gasteiger partial charge < -0.3 is 103 Å². The summed E-state index contributed by atoms with van der Waals surface area (Å²) in [4.78, 5) is 97.5. The molecule has 0 aromatic heterocycles. The van der Waals surface area contributed by atoms with E-state index in [1.54, 1.807) is 13.8 Å². The molecule has 0 aliphatic carbocycles. The number of carbonyl (C=O) groups excluding carboxylic acids is 5. The minimum absolute atomic E-state index is 0.00785. The van der Waals surface area contributed by atoms with Gasteiger partial charge in [0, 0.05) is 52.2 Å². The SMILES string of the molecule is CC(C)C(C=O)NC(=O)C(CCCCN(CC(O)C(O)C(O)CCO)CC(O)C(O)C(O)CCO)NC(=O)[C@H](CCCCNC(=O)CCOCCOCCOCCOCC[PH](O)(O)O)NC(=O)C(N)CCCCN(CCCCC(O)CO)CC[C@@H](O)CC(O)CO. The van der Waals surface area contributed by atoms with Gasteiger partial charge in [-0.1, -0.05) is 20.3 Å². The Kier molecular flexibility index (Phi) is 52.5. The van der Waals surface area contributed by atoms with Gasteiger partial charge in [0.2, 0.25) is 23.6 Å². The molecule has 0 heterocycles. The normalized spacial score (nSPS) is 16.7. The Labute approximate surface area is 536 Å². The average molecular weight is 1340 g/mol. The molecule has 0 aromatic carbocycles. The molecular weight excluding hydrogens is 1230 g/mol. The van der Waals surface area contributed by atoms with Crippen molar-refractivity contribution < 1.29 is 124 Å². The van der Waals surface area contributed by atoms with Gasteiger partial charge in [-0.25, -0.2) is 0 Å². The molecule has 32 nitrogen and oxygen atoms in total. The summed E-state index contributed by atoms with van der Waals surface area (Å²) in [5, 5.41) is 141. The molecule has 0 rings (SSSR count). The van der Waals surface area contributed by atoms with E-state index < -0.39 is 125 Å². The van der Waals surface area contributed by atoms with Crippen LogP contribution in [0, 0.1) is 5.92 Å². The Morgan fingerprint density at radius 1 is 0.495 bits per heavy atom. The van der Waals surface area contributed by atoms with Crippen LogP contribution in [-0.2, 0) is 42.9 Å². The number of unbranched alkanes of at least 4 members (excludes halogenated alkanes) is 4. The van der Waals surface area contributed by atoms with Crippen molar-refractivity contribution in [3.05, 3.63) is 0 Å². The summed E-state index contributed by atoms with van der Waals surface area (Å²) in [5.41, 5.74) is 6.44. The van der Waals surface area contributed by atoms with Crippen molar-refractivity contribution in [3.63, 3.8) is 0 Å². The number of aldehydes is 1. The molecule has 0 saturated carbocycles. The molecule has 0 aliphatic rings. The number of amides is 4. The first-order valence-corrected chi connectivity index (χ1v) is 34.2. The first kappa shape index (κ1) is 88.1. The van der Waals surface area contributed by atoms with Crippen LogP contribution in [0.4, 0.5) is 0 Å². The third-order valence-corrected chi connectivity index (χ3v) is 15.8. The zero-order valence-corrected chi connectivity index (χ0v) is 54.6. The molecule has 0 spiro atoms. The van der Waals surface area contributed by atoms with Crippen LogP contribution in [-0.4, -0.2) is 331 Å². The van der Waals surface area contributed by atoms with Crippen molar-refractivity contribution in [1.82, 2.24) is 31.1 Å². The van der Waals surface area contributed by atoms with E-state index in [0.717, 1.165) is 0 Å². The first-order chi connectivity index (χ1) is 43.2. The van der Waals surface area contributed by atoms with Crippen molar-refractivity contribution in [3.8, 4) is 0 Å².